The first-order valence-electron chi connectivity index (χ1n) is 3.96. The summed E-state index contributed by atoms with van der Waals surface area (Å²) in [6.45, 7) is 4.58. The largest absolute Gasteiger partial charge is 0.0654 e. The van der Waals surface area contributed by atoms with Gasteiger partial charge in [0.05, 0.1) is 6.16 Å². The van der Waals surface area contributed by atoms with E-state index in [2.05, 4.69) is 13.8 Å². The van der Waals surface area contributed by atoms with Crippen molar-refractivity contribution in [1.82, 2.24) is 0 Å². The van der Waals surface area contributed by atoms with Crippen LogP contribution in [0.25, 0.3) is 0 Å². The predicted octanol–water partition coefficient (Wildman–Crippen LogP) is 3.20. The van der Waals surface area contributed by atoms with Crippen LogP contribution in [0.4, 0.5) is 0 Å². The molecule has 0 heterocycles. The summed E-state index contributed by atoms with van der Waals surface area (Å²) in [7, 11) is 2.16. The van der Waals surface area contributed by atoms with Gasteiger partial charge in [0.1, 0.15) is 0 Å². The van der Waals surface area contributed by atoms with E-state index in [1.54, 1.807) is 0 Å². The lowest BCUT2D eigenvalue weighted by molar-refractivity contribution is 0.778. The van der Waals surface area contributed by atoms with Crippen molar-refractivity contribution in [2.24, 2.45) is 0 Å². The third-order valence-corrected chi connectivity index (χ3v) is 5.57. The molecule has 56 valence electrons. The molecule has 2 atom stereocenters. The summed E-state index contributed by atoms with van der Waals surface area (Å²) >= 11 is 0. The molecule has 2 unspecified atom stereocenters. The molecule has 0 aliphatic rings. The van der Waals surface area contributed by atoms with Crippen LogP contribution in [0, 0.1) is 0 Å². The average Bonchev–Trinajstić information content (AvgIpc) is 1.89. The predicted molar refractivity (Wildman–Crippen MR) is 53.0 cm³/mol. The van der Waals surface area contributed by atoms with Crippen molar-refractivity contribution in [2.45, 2.75) is 33.1 Å². The molecular weight excluding hydrogens is 146 g/mol. The molecule has 0 saturated heterocycles. The minimum absolute atomic E-state index is 0.838. The van der Waals surface area contributed by atoms with E-state index >= 15 is 0 Å². The number of hydrogen-bond donors (Lipinski definition) is 0. The van der Waals surface area contributed by atoms with E-state index in [4.69, 9.17) is 0 Å². The van der Waals surface area contributed by atoms with Gasteiger partial charge in [-0.2, -0.15) is 0 Å². The van der Waals surface area contributed by atoms with Gasteiger partial charge in [-0.25, -0.2) is 0 Å². The monoisotopic (exact) mass is 165 g/mol. The van der Waals surface area contributed by atoms with E-state index in [-0.39, 0.29) is 0 Å². The molecule has 0 fully saturated rings. The zero-order chi connectivity index (χ0) is 6.95. The second-order valence-corrected chi connectivity index (χ2v) is 6.86. The van der Waals surface area contributed by atoms with E-state index < -0.39 is 0 Å². The van der Waals surface area contributed by atoms with Crippen LogP contribution in [0.5, 0.6) is 0 Å². The van der Waals surface area contributed by atoms with Crippen LogP contribution in [0.15, 0.2) is 0 Å². The van der Waals surface area contributed by atoms with Gasteiger partial charge in [-0.15, -0.1) is 0 Å². The van der Waals surface area contributed by atoms with Gasteiger partial charge in [0, 0.05) is 16.5 Å². The van der Waals surface area contributed by atoms with Crippen LogP contribution >= 0.6 is 16.5 Å². The summed E-state index contributed by atoms with van der Waals surface area (Å²) in [5.74, 6) is 0. The molecule has 9 heavy (non-hydrogen) atoms. The number of unbranched alkanes of at least 4 members (excludes halogenated alkanes) is 2. The minimum Gasteiger partial charge on any atom is -0.0654 e. The summed E-state index contributed by atoms with van der Waals surface area (Å²) in [5, 5.41) is 0. The van der Waals surface area contributed by atoms with Gasteiger partial charge in [0.15, 0.2) is 0 Å². The Morgan fingerprint density at radius 3 is 2.56 bits per heavy atom. The summed E-state index contributed by atoms with van der Waals surface area (Å²) in [4.78, 5) is 0. The van der Waals surface area contributed by atoms with Crippen LogP contribution in [0.3, 0.4) is 0 Å². The molecular formula is C7H19P2+. The third kappa shape index (κ3) is 8.86. The molecule has 0 saturated carbocycles. The first-order valence-corrected chi connectivity index (χ1v) is 7.80. The molecule has 0 aromatic heterocycles. The molecule has 0 aliphatic heterocycles. The zero-order valence-electron chi connectivity index (χ0n) is 6.61. The molecule has 0 aromatic rings. The van der Waals surface area contributed by atoms with Gasteiger partial charge in [-0.3, -0.25) is 0 Å². The summed E-state index contributed by atoms with van der Waals surface area (Å²) in [6.07, 6.45) is 7.31. The number of hydrogen-bond acceptors (Lipinski definition) is 0. The van der Waals surface area contributed by atoms with Crippen molar-refractivity contribution in [3.8, 4) is 0 Å². The summed E-state index contributed by atoms with van der Waals surface area (Å²) in [5.41, 5.74) is 0. The molecule has 0 nitrogen and oxygen atoms in total. The Morgan fingerprint density at radius 2 is 2.00 bits per heavy atom. The Kier molecular flexibility index (Phi) is 9.71. The lowest BCUT2D eigenvalue weighted by Gasteiger charge is -1.92. The van der Waals surface area contributed by atoms with E-state index in [1.165, 1.54) is 39.9 Å². The maximum absolute atomic E-state index is 2.31. The van der Waals surface area contributed by atoms with E-state index in [9.17, 15) is 0 Å². The van der Waals surface area contributed by atoms with Crippen molar-refractivity contribution in [1.29, 1.82) is 0 Å². The third-order valence-electron chi connectivity index (χ3n) is 1.27. The highest BCUT2D eigenvalue weighted by Crippen LogP contribution is 2.36. The van der Waals surface area contributed by atoms with Gasteiger partial charge in [-0.05, 0) is 19.5 Å². The zero-order valence-corrected chi connectivity index (χ0v) is 8.77. The van der Waals surface area contributed by atoms with Crippen LogP contribution in [0.2, 0.25) is 0 Å². The minimum atomic E-state index is 0.838. The fraction of sp³-hybridized carbons (Fsp3) is 1.00. The molecule has 0 rings (SSSR count). The normalized spacial score (nSPS) is 12.7. The molecule has 0 aromatic carbocycles. The first kappa shape index (κ1) is 9.86. The fourth-order valence-corrected chi connectivity index (χ4v) is 3.76. The molecule has 0 N–H and O–H groups in total. The first-order chi connectivity index (χ1) is 4.41. The second kappa shape index (κ2) is 8.86. The van der Waals surface area contributed by atoms with E-state index in [0.29, 0.717) is 0 Å². The smallest absolute Gasteiger partial charge is 0.0540 e. The van der Waals surface area contributed by atoms with Crippen molar-refractivity contribution in [3.63, 3.8) is 0 Å². The Labute approximate surface area is 62.7 Å². The molecule has 0 amide bonds. The highest BCUT2D eigenvalue weighted by atomic mass is 32.0. The van der Waals surface area contributed by atoms with Crippen LogP contribution in [-0.4, -0.2) is 12.3 Å². The maximum Gasteiger partial charge on any atom is 0.0540 e. The second-order valence-electron chi connectivity index (χ2n) is 2.27. The molecule has 0 spiro atoms. The maximum atomic E-state index is 2.31. The highest BCUT2D eigenvalue weighted by molar-refractivity contribution is 8.11. The topological polar surface area (TPSA) is 0 Å². The lowest BCUT2D eigenvalue weighted by atomic mass is 10.3. The molecule has 0 aliphatic carbocycles. The van der Waals surface area contributed by atoms with Crippen molar-refractivity contribution < 1.29 is 0 Å². The summed E-state index contributed by atoms with van der Waals surface area (Å²) < 4.78 is 0. The number of rotatable bonds is 6. The van der Waals surface area contributed by atoms with E-state index in [1.807, 2.05) is 0 Å². The van der Waals surface area contributed by atoms with Crippen LogP contribution in [0.1, 0.15) is 33.1 Å². The Balaban J connectivity index is 2.60. The SMILES string of the molecule is CCCCCP[PH2+]CC. The lowest BCUT2D eigenvalue weighted by Crippen LogP contribution is -1.73. The van der Waals surface area contributed by atoms with Gasteiger partial charge >= 0.3 is 0 Å². The van der Waals surface area contributed by atoms with Gasteiger partial charge in [-0.1, -0.05) is 19.8 Å². The van der Waals surface area contributed by atoms with Crippen LogP contribution < -0.4 is 0 Å². The standard InChI is InChI=1S/C7H18P2/c1-3-5-6-7-9-8-4-2/h8-9H,3-7H2,1-2H3/p+1. The quantitative estimate of drug-likeness (QED) is 0.418. The molecule has 0 radical (unpaired) electrons. The van der Waals surface area contributed by atoms with Gasteiger partial charge in [0.2, 0.25) is 0 Å². The van der Waals surface area contributed by atoms with Crippen molar-refractivity contribution in [3.05, 3.63) is 0 Å². The van der Waals surface area contributed by atoms with Gasteiger partial charge < -0.3 is 0 Å². The van der Waals surface area contributed by atoms with Crippen LogP contribution in [-0.2, 0) is 0 Å². The average molecular weight is 165 g/mol. The van der Waals surface area contributed by atoms with Crippen molar-refractivity contribution in [2.75, 3.05) is 12.3 Å². The Morgan fingerprint density at radius 1 is 1.22 bits per heavy atom. The Bertz CT molecular complexity index is 40.2. The van der Waals surface area contributed by atoms with E-state index in [0.717, 1.165) is 8.27 Å². The summed E-state index contributed by atoms with van der Waals surface area (Å²) in [6, 6.07) is 0. The Hall–Kier alpha value is 0.860. The molecule has 2 heteroatoms. The van der Waals surface area contributed by atoms with Gasteiger partial charge in [0.25, 0.3) is 0 Å². The molecule has 0 bridgehead atoms. The van der Waals surface area contributed by atoms with Crippen molar-refractivity contribution >= 4 is 16.5 Å². The fourth-order valence-electron chi connectivity index (χ4n) is 0.723. The highest BCUT2D eigenvalue weighted by Gasteiger charge is 1.90.